The minimum absolute atomic E-state index is 0.337. The normalized spacial score (nSPS) is 12.5. The Hall–Kier alpha value is -2.01. The zero-order valence-corrected chi connectivity index (χ0v) is 11.3. The van der Waals surface area contributed by atoms with Gasteiger partial charge in [-0.3, -0.25) is 0 Å². The monoisotopic (exact) mass is 277 g/mol. The second-order valence-electron chi connectivity index (χ2n) is 4.08. The van der Waals surface area contributed by atoms with E-state index in [2.05, 4.69) is 10.2 Å². The van der Waals surface area contributed by atoms with Gasteiger partial charge in [0.05, 0.1) is 12.3 Å². The van der Waals surface area contributed by atoms with E-state index in [0.717, 1.165) is 17.1 Å². The van der Waals surface area contributed by atoms with E-state index >= 15 is 0 Å². The number of aromatic nitrogens is 2. The first-order chi connectivity index (χ1) is 9.19. The van der Waals surface area contributed by atoms with Crippen molar-refractivity contribution < 1.29 is 9.47 Å². The lowest BCUT2D eigenvalue weighted by Gasteiger charge is -2.28. The van der Waals surface area contributed by atoms with E-state index < -0.39 is 0 Å². The zero-order valence-electron chi connectivity index (χ0n) is 10.6. The Labute approximate surface area is 115 Å². The lowest BCUT2D eigenvalue weighted by molar-refractivity contribution is 0.337. The highest BCUT2D eigenvalue weighted by molar-refractivity contribution is 6.29. The molecule has 3 rings (SSSR count). The maximum Gasteiger partial charge on any atom is 0.263 e. The molecule has 1 aliphatic heterocycles. The van der Waals surface area contributed by atoms with Gasteiger partial charge in [0, 0.05) is 19.2 Å². The van der Waals surface area contributed by atoms with Gasteiger partial charge >= 0.3 is 0 Å². The number of hydrogen-bond acceptors (Lipinski definition) is 5. The Morgan fingerprint density at radius 2 is 2.11 bits per heavy atom. The van der Waals surface area contributed by atoms with Crippen molar-refractivity contribution in [1.29, 1.82) is 0 Å². The molecule has 1 aromatic carbocycles. The van der Waals surface area contributed by atoms with Crippen LogP contribution in [0, 0.1) is 0 Å². The molecule has 0 fully saturated rings. The SMILES string of the molecule is CCOc1ccc2c(c1)Oc1nnc(Cl)cc1N2C. The number of hydrogen-bond donors (Lipinski definition) is 0. The van der Waals surface area contributed by atoms with Gasteiger partial charge in [-0.1, -0.05) is 11.6 Å². The number of fused-ring (bicyclic) bond motifs is 2. The van der Waals surface area contributed by atoms with Crippen LogP contribution in [-0.2, 0) is 0 Å². The maximum atomic E-state index is 5.86. The summed E-state index contributed by atoms with van der Waals surface area (Å²) in [5, 5.41) is 8.08. The summed E-state index contributed by atoms with van der Waals surface area (Å²) in [4.78, 5) is 1.96. The molecule has 1 aliphatic rings. The number of anilines is 2. The molecule has 0 N–H and O–H groups in total. The Balaban J connectivity index is 2.05. The van der Waals surface area contributed by atoms with Crippen molar-refractivity contribution in [3.05, 3.63) is 29.4 Å². The number of nitrogens with zero attached hydrogens (tertiary/aromatic N) is 3. The van der Waals surface area contributed by atoms with Crippen LogP contribution in [-0.4, -0.2) is 23.9 Å². The Bertz CT molecular complexity index is 633. The summed E-state index contributed by atoms with van der Waals surface area (Å²) < 4.78 is 11.2. The van der Waals surface area contributed by atoms with Gasteiger partial charge in [-0.2, -0.15) is 0 Å². The number of halogens is 1. The molecule has 6 heteroatoms. The highest BCUT2D eigenvalue weighted by Crippen LogP contribution is 2.46. The number of ether oxygens (including phenoxy) is 2. The third-order valence-electron chi connectivity index (χ3n) is 2.88. The molecule has 19 heavy (non-hydrogen) atoms. The highest BCUT2D eigenvalue weighted by atomic mass is 35.5. The average Bonchev–Trinajstić information content (AvgIpc) is 2.40. The molecule has 0 amide bonds. The highest BCUT2D eigenvalue weighted by Gasteiger charge is 2.24. The molecule has 0 bridgehead atoms. The van der Waals surface area contributed by atoms with E-state index in [1.807, 2.05) is 37.1 Å². The van der Waals surface area contributed by atoms with Gasteiger partial charge in [0.15, 0.2) is 10.9 Å². The smallest absolute Gasteiger partial charge is 0.263 e. The lowest BCUT2D eigenvalue weighted by Crippen LogP contribution is -2.17. The van der Waals surface area contributed by atoms with E-state index in [4.69, 9.17) is 21.1 Å². The molecular formula is C13H12ClN3O2. The summed E-state index contributed by atoms with van der Waals surface area (Å²) in [5.41, 5.74) is 1.72. The van der Waals surface area contributed by atoms with E-state index in [1.54, 1.807) is 6.07 Å². The number of rotatable bonds is 2. The van der Waals surface area contributed by atoms with Crippen LogP contribution >= 0.6 is 11.6 Å². The lowest BCUT2D eigenvalue weighted by atomic mass is 10.2. The van der Waals surface area contributed by atoms with Crippen LogP contribution in [0.5, 0.6) is 17.4 Å². The Morgan fingerprint density at radius 3 is 2.89 bits per heavy atom. The molecule has 0 saturated heterocycles. The van der Waals surface area contributed by atoms with Crippen LogP contribution < -0.4 is 14.4 Å². The van der Waals surface area contributed by atoms with Gasteiger partial charge in [0.2, 0.25) is 0 Å². The fraction of sp³-hybridized carbons (Fsp3) is 0.231. The molecule has 5 nitrogen and oxygen atoms in total. The summed E-state index contributed by atoms with van der Waals surface area (Å²) in [6.45, 7) is 2.55. The van der Waals surface area contributed by atoms with E-state index in [1.165, 1.54) is 0 Å². The van der Waals surface area contributed by atoms with Crippen molar-refractivity contribution in [3.63, 3.8) is 0 Å². The molecule has 1 aromatic heterocycles. The predicted molar refractivity (Wildman–Crippen MR) is 72.8 cm³/mol. The first-order valence-electron chi connectivity index (χ1n) is 5.90. The van der Waals surface area contributed by atoms with Gasteiger partial charge in [0.25, 0.3) is 5.88 Å². The quantitative estimate of drug-likeness (QED) is 0.842. The molecule has 2 aromatic rings. The standard InChI is InChI=1S/C13H12ClN3O2/c1-3-18-8-4-5-9-11(6-8)19-13-10(17(9)2)7-12(14)15-16-13/h4-7H,3H2,1-2H3. The van der Waals surface area contributed by atoms with Crippen LogP contribution in [0.2, 0.25) is 5.15 Å². The molecule has 2 heterocycles. The molecule has 0 aliphatic carbocycles. The van der Waals surface area contributed by atoms with Gasteiger partial charge in [0.1, 0.15) is 11.4 Å². The Kier molecular flexibility index (Phi) is 2.91. The summed E-state index contributed by atoms with van der Waals surface area (Å²) in [6.07, 6.45) is 0. The summed E-state index contributed by atoms with van der Waals surface area (Å²) in [6, 6.07) is 7.42. The topological polar surface area (TPSA) is 47.5 Å². The minimum atomic E-state index is 0.337. The van der Waals surface area contributed by atoms with Crippen LogP contribution in [0.1, 0.15) is 6.92 Å². The average molecular weight is 278 g/mol. The van der Waals surface area contributed by atoms with Crippen molar-refractivity contribution in [1.82, 2.24) is 10.2 Å². The van der Waals surface area contributed by atoms with Crippen molar-refractivity contribution in [3.8, 4) is 17.4 Å². The van der Waals surface area contributed by atoms with E-state index in [-0.39, 0.29) is 0 Å². The second kappa shape index (κ2) is 4.59. The van der Waals surface area contributed by atoms with Crippen LogP contribution in [0.3, 0.4) is 0 Å². The third kappa shape index (κ3) is 2.06. The third-order valence-corrected chi connectivity index (χ3v) is 3.07. The summed E-state index contributed by atoms with van der Waals surface area (Å²) in [5.74, 6) is 1.89. The largest absolute Gasteiger partial charge is 0.494 e. The van der Waals surface area contributed by atoms with Crippen molar-refractivity contribution in [2.24, 2.45) is 0 Å². The van der Waals surface area contributed by atoms with Crippen LogP contribution in [0.4, 0.5) is 11.4 Å². The van der Waals surface area contributed by atoms with Crippen molar-refractivity contribution in [2.45, 2.75) is 6.92 Å². The fourth-order valence-corrected chi connectivity index (χ4v) is 2.15. The van der Waals surface area contributed by atoms with Crippen LogP contribution in [0.25, 0.3) is 0 Å². The van der Waals surface area contributed by atoms with E-state index in [0.29, 0.717) is 23.4 Å². The maximum absolute atomic E-state index is 5.86. The van der Waals surface area contributed by atoms with Gasteiger partial charge < -0.3 is 14.4 Å². The Morgan fingerprint density at radius 1 is 1.26 bits per heavy atom. The molecular weight excluding hydrogens is 266 g/mol. The molecule has 0 saturated carbocycles. The predicted octanol–water partition coefficient (Wildman–Crippen LogP) is 3.40. The summed E-state index contributed by atoms with van der Waals surface area (Å²) in [7, 11) is 1.93. The van der Waals surface area contributed by atoms with E-state index in [9.17, 15) is 0 Å². The molecule has 0 atom stereocenters. The van der Waals surface area contributed by atoms with Gasteiger partial charge in [-0.15, -0.1) is 10.2 Å². The van der Waals surface area contributed by atoms with Crippen LogP contribution in [0.15, 0.2) is 24.3 Å². The van der Waals surface area contributed by atoms with Gasteiger partial charge in [-0.25, -0.2) is 0 Å². The van der Waals surface area contributed by atoms with Crippen molar-refractivity contribution >= 4 is 23.0 Å². The molecule has 0 radical (unpaired) electrons. The zero-order chi connectivity index (χ0) is 13.4. The first-order valence-corrected chi connectivity index (χ1v) is 6.28. The molecule has 0 unspecified atom stereocenters. The first kappa shape index (κ1) is 12.0. The summed E-state index contributed by atoms with van der Waals surface area (Å²) >= 11 is 5.86. The van der Waals surface area contributed by atoms with Crippen molar-refractivity contribution in [2.75, 3.05) is 18.6 Å². The number of benzene rings is 1. The second-order valence-corrected chi connectivity index (χ2v) is 4.47. The molecule has 0 spiro atoms. The fourth-order valence-electron chi connectivity index (χ4n) is 2.00. The molecule has 98 valence electrons. The minimum Gasteiger partial charge on any atom is -0.494 e. The van der Waals surface area contributed by atoms with Gasteiger partial charge in [-0.05, 0) is 19.1 Å².